The highest BCUT2D eigenvalue weighted by atomic mass is 35.5. The number of halogens is 2. The largest absolute Gasteiger partial charge is 0.383 e. The lowest BCUT2D eigenvalue weighted by molar-refractivity contribution is -0.122. The maximum atomic E-state index is 12.7. The molecule has 0 radical (unpaired) electrons. The number of amides is 1. The van der Waals surface area contributed by atoms with Crippen molar-refractivity contribution >= 4 is 39.1 Å². The Labute approximate surface area is 146 Å². The number of ether oxygens (including phenoxy) is 1. The molecule has 1 amide bonds. The number of hydrogen-bond donors (Lipinski definition) is 1. The van der Waals surface area contributed by atoms with E-state index in [1.807, 2.05) is 0 Å². The van der Waals surface area contributed by atoms with Crippen molar-refractivity contribution in [3.05, 3.63) is 28.2 Å². The Morgan fingerprint density at radius 3 is 2.61 bits per heavy atom. The number of benzene rings is 1. The summed E-state index contributed by atoms with van der Waals surface area (Å²) in [6, 6.07) is 3.96. The van der Waals surface area contributed by atoms with Crippen molar-refractivity contribution in [1.29, 1.82) is 0 Å². The molecule has 0 aromatic heterocycles. The highest BCUT2D eigenvalue weighted by Crippen LogP contribution is 2.27. The predicted octanol–water partition coefficient (Wildman–Crippen LogP) is 2.16. The van der Waals surface area contributed by atoms with Gasteiger partial charge in [0.2, 0.25) is 15.9 Å². The minimum absolute atomic E-state index is 0.0565. The second-order valence-corrected chi connectivity index (χ2v) is 7.68. The van der Waals surface area contributed by atoms with Crippen molar-refractivity contribution in [1.82, 2.24) is 9.62 Å². The fraction of sp³-hybridized carbons (Fsp3) is 0.500. The third-order valence-electron chi connectivity index (χ3n) is 3.01. The number of hydrogen-bond acceptors (Lipinski definition) is 4. The van der Waals surface area contributed by atoms with E-state index in [9.17, 15) is 13.2 Å². The number of likely N-dealkylation sites (N-methyl/N-ethyl adjacent to an activating group) is 1. The Morgan fingerprint density at radius 1 is 1.39 bits per heavy atom. The summed E-state index contributed by atoms with van der Waals surface area (Å²) in [5.41, 5.74) is 0. The lowest BCUT2D eigenvalue weighted by atomic mass is 10.3. The van der Waals surface area contributed by atoms with Crippen LogP contribution in [0.4, 0.5) is 0 Å². The van der Waals surface area contributed by atoms with Crippen LogP contribution in [0.2, 0.25) is 10.0 Å². The van der Waals surface area contributed by atoms with Crippen molar-refractivity contribution in [3.63, 3.8) is 0 Å². The molecule has 0 unspecified atom stereocenters. The van der Waals surface area contributed by atoms with Gasteiger partial charge in [0.25, 0.3) is 0 Å². The van der Waals surface area contributed by atoms with E-state index in [4.69, 9.17) is 27.9 Å². The highest BCUT2D eigenvalue weighted by Gasteiger charge is 2.28. The molecular weight excluding hydrogens is 363 g/mol. The van der Waals surface area contributed by atoms with Gasteiger partial charge in [0.1, 0.15) is 4.90 Å². The number of carbonyl (C=O) groups is 1. The van der Waals surface area contributed by atoms with Gasteiger partial charge in [-0.05, 0) is 25.1 Å². The van der Waals surface area contributed by atoms with Gasteiger partial charge in [-0.1, -0.05) is 30.1 Å². The molecule has 1 aromatic rings. The molecule has 0 bridgehead atoms. The average Bonchev–Trinajstić information content (AvgIpc) is 2.47. The summed E-state index contributed by atoms with van der Waals surface area (Å²) in [6.07, 6.45) is 0. The Morgan fingerprint density at radius 2 is 2.04 bits per heavy atom. The minimum Gasteiger partial charge on any atom is -0.383 e. The first-order valence-electron chi connectivity index (χ1n) is 6.95. The predicted molar refractivity (Wildman–Crippen MR) is 90.4 cm³/mol. The first-order valence-corrected chi connectivity index (χ1v) is 9.15. The molecule has 1 aromatic carbocycles. The second kappa shape index (κ2) is 8.84. The summed E-state index contributed by atoms with van der Waals surface area (Å²) in [5.74, 6) is -0.418. The number of rotatable bonds is 8. The maximum Gasteiger partial charge on any atom is 0.245 e. The molecule has 1 atom stereocenters. The normalized spacial score (nSPS) is 13.1. The third-order valence-corrected chi connectivity index (χ3v) is 5.65. The van der Waals surface area contributed by atoms with Crippen LogP contribution in [0.3, 0.4) is 0 Å². The molecule has 0 saturated heterocycles. The van der Waals surface area contributed by atoms with Gasteiger partial charge in [-0.3, -0.25) is 4.79 Å². The molecule has 9 heteroatoms. The van der Waals surface area contributed by atoms with Gasteiger partial charge >= 0.3 is 0 Å². The van der Waals surface area contributed by atoms with Crippen LogP contribution in [0, 0.1) is 0 Å². The van der Waals surface area contributed by atoms with Crippen molar-refractivity contribution in [3.8, 4) is 0 Å². The molecule has 0 spiro atoms. The number of nitrogens with zero attached hydrogens (tertiary/aromatic N) is 1. The number of methoxy groups -OCH3 is 1. The molecule has 0 aliphatic heterocycles. The van der Waals surface area contributed by atoms with Crippen molar-refractivity contribution in [2.45, 2.75) is 24.8 Å². The monoisotopic (exact) mass is 382 g/mol. The zero-order valence-electron chi connectivity index (χ0n) is 13.2. The quantitative estimate of drug-likeness (QED) is 0.747. The van der Waals surface area contributed by atoms with E-state index < -0.39 is 15.9 Å². The van der Waals surface area contributed by atoms with Gasteiger partial charge < -0.3 is 10.1 Å². The smallest absolute Gasteiger partial charge is 0.245 e. The van der Waals surface area contributed by atoms with Crippen LogP contribution in [0.15, 0.2) is 23.1 Å². The zero-order chi connectivity index (χ0) is 17.6. The van der Waals surface area contributed by atoms with Gasteiger partial charge in [-0.15, -0.1) is 0 Å². The molecule has 0 aliphatic rings. The molecule has 0 fully saturated rings. The number of nitrogens with one attached hydrogen (secondary N) is 1. The molecule has 130 valence electrons. The topological polar surface area (TPSA) is 75.7 Å². The molecular formula is C14H20Cl2N2O4S. The summed E-state index contributed by atoms with van der Waals surface area (Å²) in [6.45, 7) is 3.56. The molecule has 1 N–H and O–H groups in total. The molecule has 0 aliphatic carbocycles. The van der Waals surface area contributed by atoms with E-state index >= 15 is 0 Å². The fourth-order valence-corrected chi connectivity index (χ4v) is 4.10. The lowest BCUT2D eigenvalue weighted by Gasteiger charge is -2.22. The first-order chi connectivity index (χ1) is 10.7. The summed E-state index contributed by atoms with van der Waals surface area (Å²) in [5, 5.41) is 2.97. The van der Waals surface area contributed by atoms with Gasteiger partial charge in [0.15, 0.2) is 0 Å². The highest BCUT2D eigenvalue weighted by molar-refractivity contribution is 7.89. The van der Waals surface area contributed by atoms with Crippen LogP contribution < -0.4 is 5.32 Å². The average molecular weight is 383 g/mol. The van der Waals surface area contributed by atoms with Gasteiger partial charge in [-0.2, -0.15) is 4.31 Å². The molecule has 23 heavy (non-hydrogen) atoms. The van der Waals surface area contributed by atoms with E-state index in [1.54, 1.807) is 13.8 Å². The third kappa shape index (κ3) is 5.61. The molecule has 0 saturated carbocycles. The number of sulfonamides is 1. The minimum atomic E-state index is -3.92. The standard InChI is InChI=1S/C14H20Cl2N2O4S/c1-4-18(8-14(19)17-10(2)9-22-3)23(20,21)13-7-11(15)5-6-12(13)16/h5-7,10H,4,8-9H2,1-3H3,(H,17,19)/t10-/m1/s1. The zero-order valence-corrected chi connectivity index (χ0v) is 15.5. The fourth-order valence-electron chi connectivity index (χ4n) is 1.95. The van der Waals surface area contributed by atoms with E-state index in [0.29, 0.717) is 6.61 Å². The van der Waals surface area contributed by atoms with Crippen molar-refractivity contribution < 1.29 is 17.9 Å². The van der Waals surface area contributed by atoms with Gasteiger partial charge in [0, 0.05) is 24.7 Å². The second-order valence-electron chi connectivity index (χ2n) is 4.93. The van der Waals surface area contributed by atoms with E-state index in [0.717, 1.165) is 4.31 Å². The molecule has 6 nitrogen and oxygen atoms in total. The Hall–Kier alpha value is -0.860. The summed E-state index contributed by atoms with van der Waals surface area (Å²) < 4.78 is 31.3. The van der Waals surface area contributed by atoms with E-state index in [2.05, 4.69) is 5.32 Å². The molecule has 0 heterocycles. The van der Waals surface area contributed by atoms with E-state index in [1.165, 1.54) is 25.3 Å². The van der Waals surface area contributed by atoms with Crippen LogP contribution in [0.25, 0.3) is 0 Å². The Balaban J connectivity index is 2.95. The maximum absolute atomic E-state index is 12.7. The number of carbonyl (C=O) groups excluding carboxylic acids is 1. The van der Waals surface area contributed by atoms with Gasteiger partial charge in [-0.25, -0.2) is 8.42 Å². The SMILES string of the molecule is CCN(CC(=O)N[C@H](C)COC)S(=O)(=O)c1cc(Cl)ccc1Cl. The van der Waals surface area contributed by atoms with Crippen LogP contribution >= 0.6 is 23.2 Å². The summed E-state index contributed by atoms with van der Waals surface area (Å²) in [7, 11) is -2.40. The van der Waals surface area contributed by atoms with Gasteiger partial charge in [0.05, 0.1) is 18.2 Å². The van der Waals surface area contributed by atoms with Crippen LogP contribution in [0.1, 0.15) is 13.8 Å². The molecule has 1 rings (SSSR count). The van der Waals surface area contributed by atoms with Crippen molar-refractivity contribution in [2.24, 2.45) is 0 Å². The van der Waals surface area contributed by atoms with Crippen LogP contribution in [0.5, 0.6) is 0 Å². The van der Waals surface area contributed by atoms with Crippen molar-refractivity contribution in [2.75, 3.05) is 26.8 Å². The Bertz CT molecular complexity index is 652. The Kier molecular flexibility index (Phi) is 7.76. The summed E-state index contributed by atoms with van der Waals surface area (Å²) in [4.78, 5) is 11.9. The van der Waals surface area contributed by atoms with E-state index in [-0.39, 0.29) is 34.1 Å². The van der Waals surface area contributed by atoms with Crippen LogP contribution in [-0.4, -0.2) is 51.5 Å². The first kappa shape index (κ1) is 20.2. The van der Waals surface area contributed by atoms with Crippen LogP contribution in [-0.2, 0) is 19.6 Å². The summed E-state index contributed by atoms with van der Waals surface area (Å²) >= 11 is 11.8. The lowest BCUT2D eigenvalue weighted by Crippen LogP contribution is -2.44.